The number of carbonyl (C=O) groups excluding carboxylic acids is 1. The van der Waals surface area contributed by atoms with E-state index in [0.29, 0.717) is 5.69 Å². The predicted molar refractivity (Wildman–Crippen MR) is 69.6 cm³/mol. The van der Waals surface area contributed by atoms with Crippen LogP contribution < -0.4 is 5.32 Å². The Morgan fingerprint density at radius 3 is 2.50 bits per heavy atom. The number of hydrogen-bond donors (Lipinski definition) is 2. The lowest BCUT2D eigenvalue weighted by Crippen LogP contribution is -2.37. The second-order valence-electron chi connectivity index (χ2n) is 4.46. The number of benzene rings is 1. The summed E-state index contributed by atoms with van der Waals surface area (Å²) in [6, 6.07) is 2.46. The molecule has 2 N–H and O–H groups in total. The maximum Gasteiger partial charge on any atom is 0.416 e. The monoisotopic (exact) mass is 290 g/mol. The molecule has 1 aromatic carbocycles. The van der Waals surface area contributed by atoms with Gasteiger partial charge in [0.1, 0.15) is 0 Å². The Morgan fingerprint density at radius 1 is 1.45 bits per heavy atom. The molecule has 0 spiro atoms. The highest BCUT2D eigenvalue weighted by Gasteiger charge is 2.32. The molecule has 1 aromatic rings. The molecule has 0 radical (unpaired) electrons. The van der Waals surface area contributed by atoms with Crippen LogP contribution in [0.3, 0.4) is 0 Å². The van der Waals surface area contributed by atoms with Crippen LogP contribution in [0.4, 0.5) is 18.9 Å². The minimum Gasteiger partial charge on any atom is -0.394 e. The summed E-state index contributed by atoms with van der Waals surface area (Å²) in [6.45, 7) is 1.33. The molecular formula is C13H17F3N2O2. The zero-order valence-electron chi connectivity index (χ0n) is 11.5. The van der Waals surface area contributed by atoms with Gasteiger partial charge in [0.05, 0.1) is 23.8 Å². The van der Waals surface area contributed by atoms with Crippen LogP contribution in [0, 0.1) is 0 Å². The summed E-state index contributed by atoms with van der Waals surface area (Å²) in [5.41, 5.74) is -0.657. The molecule has 0 aromatic heterocycles. The van der Waals surface area contributed by atoms with Crippen LogP contribution in [-0.2, 0) is 6.18 Å². The Kier molecular flexibility index (Phi) is 4.99. The van der Waals surface area contributed by atoms with Gasteiger partial charge in [0.2, 0.25) is 0 Å². The summed E-state index contributed by atoms with van der Waals surface area (Å²) in [7, 11) is 2.96. The summed E-state index contributed by atoms with van der Waals surface area (Å²) < 4.78 is 38.1. The van der Waals surface area contributed by atoms with Gasteiger partial charge in [-0.2, -0.15) is 13.2 Å². The molecule has 0 heterocycles. The molecule has 7 heteroatoms. The van der Waals surface area contributed by atoms with Gasteiger partial charge in [-0.15, -0.1) is 0 Å². The van der Waals surface area contributed by atoms with E-state index < -0.39 is 23.7 Å². The lowest BCUT2D eigenvalue weighted by Gasteiger charge is -2.24. The molecule has 20 heavy (non-hydrogen) atoms. The number of aliphatic hydroxyl groups excluding tert-OH is 1. The molecule has 0 aliphatic rings. The number of likely N-dealkylation sites (N-methyl/N-ethyl adjacent to an activating group) is 1. The number of amides is 1. The van der Waals surface area contributed by atoms with Crippen molar-refractivity contribution in [2.45, 2.75) is 19.1 Å². The highest BCUT2D eigenvalue weighted by atomic mass is 19.4. The van der Waals surface area contributed by atoms with Crippen molar-refractivity contribution in [2.75, 3.05) is 26.0 Å². The normalized spacial score (nSPS) is 12.9. The Morgan fingerprint density at radius 2 is 2.05 bits per heavy atom. The SMILES string of the molecule is CNc1ccc(C(F)(F)F)cc1C(=O)N(C)C(C)CO. The molecule has 0 saturated carbocycles. The third-order valence-electron chi connectivity index (χ3n) is 3.09. The Hall–Kier alpha value is -1.76. The van der Waals surface area contributed by atoms with Crippen molar-refractivity contribution in [2.24, 2.45) is 0 Å². The summed E-state index contributed by atoms with van der Waals surface area (Å²) in [5, 5.41) is 11.7. The third-order valence-corrected chi connectivity index (χ3v) is 3.09. The van der Waals surface area contributed by atoms with E-state index in [1.165, 1.54) is 25.1 Å². The summed E-state index contributed by atoms with van der Waals surface area (Å²) >= 11 is 0. The molecule has 0 aliphatic heterocycles. The van der Waals surface area contributed by atoms with Crippen molar-refractivity contribution in [1.82, 2.24) is 4.90 Å². The van der Waals surface area contributed by atoms with Gasteiger partial charge in [0.25, 0.3) is 5.91 Å². The van der Waals surface area contributed by atoms with E-state index in [4.69, 9.17) is 5.11 Å². The second kappa shape index (κ2) is 6.13. The van der Waals surface area contributed by atoms with Crippen molar-refractivity contribution in [3.63, 3.8) is 0 Å². The molecule has 1 rings (SSSR count). The van der Waals surface area contributed by atoms with Crippen LogP contribution in [0.2, 0.25) is 0 Å². The molecule has 1 unspecified atom stereocenters. The lowest BCUT2D eigenvalue weighted by molar-refractivity contribution is -0.137. The van der Waals surface area contributed by atoms with Gasteiger partial charge >= 0.3 is 6.18 Å². The number of rotatable bonds is 4. The molecule has 112 valence electrons. The minimum absolute atomic E-state index is 0.0786. The van der Waals surface area contributed by atoms with Crippen molar-refractivity contribution >= 4 is 11.6 Å². The van der Waals surface area contributed by atoms with E-state index >= 15 is 0 Å². The van der Waals surface area contributed by atoms with E-state index in [1.807, 2.05) is 0 Å². The van der Waals surface area contributed by atoms with E-state index in [1.54, 1.807) is 6.92 Å². The molecule has 1 amide bonds. The number of hydrogen-bond acceptors (Lipinski definition) is 3. The molecule has 1 atom stereocenters. The maximum absolute atomic E-state index is 12.7. The smallest absolute Gasteiger partial charge is 0.394 e. The Balaban J connectivity index is 3.24. The highest BCUT2D eigenvalue weighted by molar-refractivity contribution is 5.99. The highest BCUT2D eigenvalue weighted by Crippen LogP contribution is 2.32. The topological polar surface area (TPSA) is 52.6 Å². The van der Waals surface area contributed by atoms with Gasteiger partial charge in [0, 0.05) is 19.8 Å². The van der Waals surface area contributed by atoms with E-state index in [-0.39, 0.29) is 12.2 Å². The van der Waals surface area contributed by atoms with Crippen LogP contribution in [0.25, 0.3) is 0 Å². The first kappa shape index (κ1) is 16.3. The van der Waals surface area contributed by atoms with Crippen molar-refractivity contribution in [1.29, 1.82) is 0 Å². The number of alkyl halides is 3. The van der Waals surface area contributed by atoms with Gasteiger partial charge in [-0.3, -0.25) is 4.79 Å². The summed E-state index contributed by atoms with van der Waals surface area (Å²) in [6.07, 6.45) is -4.51. The third kappa shape index (κ3) is 3.41. The first-order valence-electron chi connectivity index (χ1n) is 5.99. The summed E-state index contributed by atoms with van der Waals surface area (Å²) in [5.74, 6) is -0.581. The van der Waals surface area contributed by atoms with Crippen LogP contribution in [0.5, 0.6) is 0 Å². The van der Waals surface area contributed by atoms with Gasteiger partial charge in [-0.25, -0.2) is 0 Å². The van der Waals surface area contributed by atoms with Crippen molar-refractivity contribution in [3.8, 4) is 0 Å². The van der Waals surface area contributed by atoms with Crippen molar-refractivity contribution in [3.05, 3.63) is 29.3 Å². The quantitative estimate of drug-likeness (QED) is 0.894. The molecule has 0 saturated heterocycles. The zero-order chi connectivity index (χ0) is 15.5. The molecular weight excluding hydrogens is 273 g/mol. The fourth-order valence-corrected chi connectivity index (χ4v) is 1.63. The maximum atomic E-state index is 12.7. The van der Waals surface area contributed by atoms with Gasteiger partial charge < -0.3 is 15.3 Å². The zero-order valence-corrected chi connectivity index (χ0v) is 11.5. The molecule has 0 bridgehead atoms. The standard InChI is InChI=1S/C13H17F3N2O2/c1-8(7-19)18(3)12(20)10-6-9(13(14,15)16)4-5-11(10)17-2/h4-6,8,17,19H,7H2,1-3H3. The second-order valence-corrected chi connectivity index (χ2v) is 4.46. The van der Waals surface area contributed by atoms with Crippen LogP contribution in [0.15, 0.2) is 18.2 Å². The minimum atomic E-state index is -4.51. The molecule has 0 fully saturated rings. The van der Waals surface area contributed by atoms with Crippen LogP contribution >= 0.6 is 0 Å². The average Bonchev–Trinajstić information content (AvgIpc) is 2.43. The van der Waals surface area contributed by atoms with Crippen molar-refractivity contribution < 1.29 is 23.1 Å². The van der Waals surface area contributed by atoms with Crippen LogP contribution in [-0.4, -0.2) is 42.7 Å². The average molecular weight is 290 g/mol. The number of nitrogens with zero attached hydrogens (tertiary/aromatic N) is 1. The number of nitrogens with one attached hydrogen (secondary N) is 1. The first-order valence-corrected chi connectivity index (χ1v) is 5.99. The van der Waals surface area contributed by atoms with E-state index in [0.717, 1.165) is 12.1 Å². The van der Waals surface area contributed by atoms with E-state index in [2.05, 4.69) is 5.32 Å². The van der Waals surface area contributed by atoms with Gasteiger partial charge in [-0.1, -0.05) is 0 Å². The lowest BCUT2D eigenvalue weighted by atomic mass is 10.1. The predicted octanol–water partition coefficient (Wildman–Crippen LogP) is 2.20. The fraction of sp³-hybridized carbons (Fsp3) is 0.462. The fourth-order valence-electron chi connectivity index (χ4n) is 1.63. The number of carbonyl (C=O) groups is 1. The Labute approximate surface area is 115 Å². The number of halogens is 3. The number of anilines is 1. The van der Waals surface area contributed by atoms with E-state index in [9.17, 15) is 18.0 Å². The number of aliphatic hydroxyl groups is 1. The Bertz CT molecular complexity index is 489. The van der Waals surface area contributed by atoms with Crippen LogP contribution in [0.1, 0.15) is 22.8 Å². The largest absolute Gasteiger partial charge is 0.416 e. The van der Waals surface area contributed by atoms with Gasteiger partial charge in [-0.05, 0) is 25.1 Å². The molecule has 0 aliphatic carbocycles. The molecule has 4 nitrogen and oxygen atoms in total. The van der Waals surface area contributed by atoms with Gasteiger partial charge in [0.15, 0.2) is 0 Å². The first-order chi connectivity index (χ1) is 9.22. The summed E-state index contributed by atoms with van der Waals surface area (Å²) in [4.78, 5) is 13.4.